The largest absolute Gasteiger partial charge is 0.497 e. The Labute approximate surface area is 117 Å². The fraction of sp³-hybridized carbons (Fsp3) is 0.308. The second kappa shape index (κ2) is 3.80. The first-order chi connectivity index (χ1) is 9.20. The summed E-state index contributed by atoms with van der Waals surface area (Å²) < 4.78 is 6.03. The number of carbonyl (C=O) groups excluding carboxylic acids is 1. The maximum Gasteiger partial charge on any atom is 0.263 e. The molecule has 4 nitrogen and oxygen atoms in total. The Kier molecular flexibility index (Phi) is 2.29. The lowest BCUT2D eigenvalue weighted by Gasteiger charge is -1.98. The van der Waals surface area contributed by atoms with Gasteiger partial charge in [0, 0.05) is 0 Å². The van der Waals surface area contributed by atoms with Crippen LogP contribution >= 0.6 is 23.1 Å². The molecule has 96 valence electrons. The molecule has 6 heteroatoms. The average molecular weight is 290 g/mol. The van der Waals surface area contributed by atoms with E-state index >= 15 is 0 Å². The zero-order valence-electron chi connectivity index (χ0n) is 10.2. The predicted octanol–water partition coefficient (Wildman–Crippen LogP) is 2.86. The number of thioether (sulfide) groups is 1. The zero-order valence-corrected chi connectivity index (χ0v) is 11.8. The number of rotatable bonds is 2. The standard InChI is InChI=1S/C13H10N2O2S2/c1-17-7-2-3-8-9(6-7)18-10(14-8)11-15-12(16)13(19-11)4-5-13/h2-3,6H,4-5H2,1H3. The molecule has 0 radical (unpaired) electrons. The van der Waals surface area contributed by atoms with Crippen LogP contribution in [-0.2, 0) is 4.79 Å². The van der Waals surface area contributed by atoms with Crippen LogP contribution < -0.4 is 4.74 Å². The smallest absolute Gasteiger partial charge is 0.263 e. The number of ether oxygens (including phenoxy) is 1. The molecule has 2 heterocycles. The lowest BCUT2D eigenvalue weighted by molar-refractivity contribution is -0.117. The molecule has 1 spiro atoms. The Hall–Kier alpha value is -1.40. The molecule has 1 aliphatic carbocycles. The van der Waals surface area contributed by atoms with Crippen LogP contribution in [0.1, 0.15) is 17.8 Å². The van der Waals surface area contributed by atoms with Gasteiger partial charge in [-0.15, -0.1) is 11.3 Å². The molecule has 1 saturated carbocycles. The van der Waals surface area contributed by atoms with Gasteiger partial charge in [-0.2, -0.15) is 0 Å². The monoisotopic (exact) mass is 290 g/mol. The quantitative estimate of drug-likeness (QED) is 0.853. The summed E-state index contributed by atoms with van der Waals surface area (Å²) in [6, 6.07) is 5.79. The molecule has 1 amide bonds. The van der Waals surface area contributed by atoms with E-state index in [1.165, 1.54) is 0 Å². The van der Waals surface area contributed by atoms with Crippen LogP contribution in [0.5, 0.6) is 5.75 Å². The first-order valence-corrected chi connectivity index (χ1v) is 7.61. The number of aliphatic imine (C=N–C) groups is 1. The zero-order chi connectivity index (χ0) is 13.0. The molecule has 4 rings (SSSR count). The number of hydrogen-bond acceptors (Lipinski definition) is 5. The number of thiazole rings is 1. The van der Waals surface area contributed by atoms with E-state index in [4.69, 9.17) is 4.74 Å². The molecule has 0 unspecified atom stereocenters. The van der Waals surface area contributed by atoms with Gasteiger partial charge in [0.25, 0.3) is 5.91 Å². The van der Waals surface area contributed by atoms with Gasteiger partial charge >= 0.3 is 0 Å². The van der Waals surface area contributed by atoms with Crippen molar-refractivity contribution in [3.8, 4) is 5.75 Å². The van der Waals surface area contributed by atoms with Crippen molar-refractivity contribution in [1.29, 1.82) is 0 Å². The molecule has 19 heavy (non-hydrogen) atoms. The summed E-state index contributed by atoms with van der Waals surface area (Å²) in [5.74, 6) is 0.836. The van der Waals surface area contributed by atoms with E-state index < -0.39 is 0 Å². The van der Waals surface area contributed by atoms with Crippen LogP contribution in [0.4, 0.5) is 0 Å². The fourth-order valence-corrected chi connectivity index (χ4v) is 4.29. The van der Waals surface area contributed by atoms with E-state index in [2.05, 4.69) is 9.98 Å². The summed E-state index contributed by atoms with van der Waals surface area (Å²) in [6.07, 6.45) is 1.89. The predicted molar refractivity (Wildman–Crippen MR) is 77.3 cm³/mol. The molecular weight excluding hydrogens is 280 g/mol. The van der Waals surface area contributed by atoms with E-state index in [1.54, 1.807) is 30.2 Å². The lowest BCUT2D eigenvalue weighted by atomic mass is 10.3. The summed E-state index contributed by atoms with van der Waals surface area (Å²) >= 11 is 3.14. The highest BCUT2D eigenvalue weighted by Crippen LogP contribution is 2.54. The third-order valence-electron chi connectivity index (χ3n) is 3.37. The number of fused-ring (bicyclic) bond motifs is 1. The molecular formula is C13H10N2O2S2. The molecule has 0 bridgehead atoms. The van der Waals surface area contributed by atoms with E-state index in [1.807, 2.05) is 18.2 Å². The van der Waals surface area contributed by atoms with Crippen molar-refractivity contribution in [1.82, 2.24) is 4.98 Å². The van der Waals surface area contributed by atoms with Crippen LogP contribution in [-0.4, -0.2) is 27.8 Å². The topological polar surface area (TPSA) is 51.6 Å². The van der Waals surface area contributed by atoms with Crippen molar-refractivity contribution >= 4 is 44.3 Å². The molecule has 2 aliphatic rings. The highest BCUT2D eigenvalue weighted by Gasteiger charge is 2.55. The van der Waals surface area contributed by atoms with Crippen molar-refractivity contribution < 1.29 is 9.53 Å². The molecule has 0 N–H and O–H groups in total. The SMILES string of the molecule is COc1ccc2nc(C3=NC(=O)C4(CC4)S3)sc2c1. The van der Waals surface area contributed by atoms with Crippen LogP contribution in [0.3, 0.4) is 0 Å². The second-order valence-electron chi connectivity index (χ2n) is 4.67. The Morgan fingerprint density at radius 2 is 2.21 bits per heavy atom. The Morgan fingerprint density at radius 1 is 1.37 bits per heavy atom. The van der Waals surface area contributed by atoms with Gasteiger partial charge in [-0.3, -0.25) is 4.79 Å². The van der Waals surface area contributed by atoms with Crippen molar-refractivity contribution in [2.75, 3.05) is 7.11 Å². The molecule has 0 saturated heterocycles. The number of benzene rings is 1. The van der Waals surface area contributed by atoms with Gasteiger partial charge in [-0.25, -0.2) is 9.98 Å². The van der Waals surface area contributed by atoms with Gasteiger partial charge in [0.1, 0.15) is 20.5 Å². The molecule has 2 aromatic rings. The van der Waals surface area contributed by atoms with Crippen LogP contribution in [0.25, 0.3) is 10.2 Å². The van der Waals surface area contributed by atoms with Gasteiger partial charge < -0.3 is 4.74 Å². The van der Waals surface area contributed by atoms with Crippen LogP contribution in [0.2, 0.25) is 0 Å². The van der Waals surface area contributed by atoms with Crippen LogP contribution in [0.15, 0.2) is 23.2 Å². The van der Waals surface area contributed by atoms with Gasteiger partial charge in [0.15, 0.2) is 0 Å². The van der Waals surface area contributed by atoms with Gasteiger partial charge in [-0.1, -0.05) is 11.8 Å². The number of amides is 1. The minimum Gasteiger partial charge on any atom is -0.497 e. The van der Waals surface area contributed by atoms with E-state index in [9.17, 15) is 4.79 Å². The molecule has 1 aliphatic heterocycles. The van der Waals surface area contributed by atoms with Crippen molar-refractivity contribution in [3.05, 3.63) is 23.2 Å². The van der Waals surface area contributed by atoms with Crippen molar-refractivity contribution in [3.63, 3.8) is 0 Å². The molecule has 1 aromatic heterocycles. The summed E-state index contributed by atoms with van der Waals surface area (Å²) in [4.78, 5) is 20.5. The highest BCUT2D eigenvalue weighted by molar-refractivity contribution is 8.17. The Morgan fingerprint density at radius 3 is 2.89 bits per heavy atom. The minimum absolute atomic E-state index is 0.0179. The van der Waals surface area contributed by atoms with Crippen molar-refractivity contribution in [2.45, 2.75) is 17.6 Å². The van der Waals surface area contributed by atoms with Gasteiger partial charge in [0.05, 0.1) is 17.3 Å². The lowest BCUT2D eigenvalue weighted by Crippen LogP contribution is -2.09. The molecule has 1 fully saturated rings. The number of nitrogens with zero attached hydrogens (tertiary/aromatic N) is 2. The first kappa shape index (κ1) is 11.4. The summed E-state index contributed by atoms with van der Waals surface area (Å²) in [6.45, 7) is 0. The summed E-state index contributed by atoms with van der Waals surface area (Å²) in [7, 11) is 1.65. The molecule has 1 aromatic carbocycles. The van der Waals surface area contributed by atoms with Gasteiger partial charge in [-0.05, 0) is 31.0 Å². The number of carbonyl (C=O) groups is 1. The third-order valence-corrected chi connectivity index (χ3v) is 5.97. The molecule has 0 atom stereocenters. The first-order valence-electron chi connectivity index (χ1n) is 5.97. The van der Waals surface area contributed by atoms with Crippen LogP contribution in [0, 0.1) is 0 Å². The van der Waals surface area contributed by atoms with E-state index in [0.29, 0.717) is 0 Å². The third kappa shape index (κ3) is 1.70. The average Bonchev–Trinajstić information content (AvgIpc) is 2.95. The van der Waals surface area contributed by atoms with E-state index in [0.717, 1.165) is 38.9 Å². The minimum atomic E-state index is -0.231. The van der Waals surface area contributed by atoms with E-state index in [-0.39, 0.29) is 10.7 Å². The maximum atomic E-state index is 11.8. The highest BCUT2D eigenvalue weighted by atomic mass is 32.2. The van der Waals surface area contributed by atoms with Crippen molar-refractivity contribution in [2.24, 2.45) is 4.99 Å². The normalized spacial score (nSPS) is 20.1. The summed E-state index contributed by atoms with van der Waals surface area (Å²) in [5.41, 5.74) is 0.924. The number of hydrogen-bond donors (Lipinski definition) is 0. The Bertz CT molecular complexity index is 731. The number of aromatic nitrogens is 1. The number of methoxy groups -OCH3 is 1. The van der Waals surface area contributed by atoms with Gasteiger partial charge in [0.2, 0.25) is 0 Å². The second-order valence-corrected chi connectivity index (χ2v) is 7.07. The Balaban J connectivity index is 1.76. The fourth-order valence-electron chi connectivity index (χ4n) is 2.09. The maximum absolute atomic E-state index is 11.8. The summed E-state index contributed by atoms with van der Waals surface area (Å²) in [5, 5.41) is 1.62.